The van der Waals surface area contributed by atoms with Crippen molar-refractivity contribution in [3.63, 3.8) is 0 Å². The second-order valence-corrected chi connectivity index (χ2v) is 10.6. The monoisotopic (exact) mass is 534 g/mol. The van der Waals surface area contributed by atoms with Gasteiger partial charge in [0.1, 0.15) is 12.4 Å². The fourth-order valence-electron chi connectivity index (χ4n) is 3.77. The van der Waals surface area contributed by atoms with Gasteiger partial charge in [0.15, 0.2) is 0 Å². The fraction of sp³-hybridized carbons (Fsp3) is 0.207. The lowest BCUT2D eigenvalue weighted by Gasteiger charge is -2.23. The SMILES string of the molecule is CC(C)(C)c1cc(NC(=O)CN(Cc2ccccc2)C(=O)c2ccc(Cl)c(Cl)c2)n(-c2ccccc2)n1. The lowest BCUT2D eigenvalue weighted by Crippen LogP contribution is -2.37. The van der Waals surface area contributed by atoms with Crippen molar-refractivity contribution >= 4 is 40.8 Å². The molecule has 1 heterocycles. The van der Waals surface area contributed by atoms with Gasteiger partial charge in [-0.05, 0) is 35.9 Å². The molecule has 37 heavy (non-hydrogen) atoms. The molecule has 2 amide bonds. The van der Waals surface area contributed by atoms with E-state index >= 15 is 0 Å². The van der Waals surface area contributed by atoms with Crippen molar-refractivity contribution in [2.24, 2.45) is 0 Å². The average molecular weight is 535 g/mol. The summed E-state index contributed by atoms with van der Waals surface area (Å²) in [7, 11) is 0. The van der Waals surface area contributed by atoms with Crippen molar-refractivity contribution < 1.29 is 9.59 Å². The third-order valence-electron chi connectivity index (χ3n) is 5.75. The number of hydrogen-bond donors (Lipinski definition) is 1. The van der Waals surface area contributed by atoms with Crippen LogP contribution in [0.5, 0.6) is 0 Å². The minimum atomic E-state index is -0.345. The maximum absolute atomic E-state index is 13.5. The number of rotatable bonds is 7. The van der Waals surface area contributed by atoms with Crippen molar-refractivity contribution in [2.45, 2.75) is 32.7 Å². The number of carbonyl (C=O) groups excluding carboxylic acids is 2. The Morgan fingerprint density at radius 2 is 1.54 bits per heavy atom. The van der Waals surface area contributed by atoms with Gasteiger partial charge < -0.3 is 10.2 Å². The van der Waals surface area contributed by atoms with Crippen molar-refractivity contribution in [3.8, 4) is 5.69 Å². The van der Waals surface area contributed by atoms with Crippen molar-refractivity contribution in [1.29, 1.82) is 0 Å². The fourth-order valence-corrected chi connectivity index (χ4v) is 4.07. The number of hydrogen-bond acceptors (Lipinski definition) is 3. The molecule has 0 aliphatic rings. The summed E-state index contributed by atoms with van der Waals surface area (Å²) in [5, 5.41) is 8.34. The molecule has 1 N–H and O–H groups in total. The number of anilines is 1. The number of carbonyl (C=O) groups is 2. The van der Waals surface area contributed by atoms with Gasteiger partial charge in [-0.3, -0.25) is 9.59 Å². The maximum atomic E-state index is 13.5. The minimum absolute atomic E-state index is 0.168. The highest BCUT2D eigenvalue weighted by atomic mass is 35.5. The van der Waals surface area contributed by atoms with E-state index in [-0.39, 0.29) is 35.3 Å². The van der Waals surface area contributed by atoms with Crippen molar-refractivity contribution in [2.75, 3.05) is 11.9 Å². The largest absolute Gasteiger partial charge is 0.325 e. The predicted molar refractivity (Wildman–Crippen MR) is 149 cm³/mol. The van der Waals surface area contributed by atoms with Gasteiger partial charge in [-0.15, -0.1) is 0 Å². The van der Waals surface area contributed by atoms with E-state index in [2.05, 4.69) is 26.1 Å². The first-order valence-corrected chi connectivity index (χ1v) is 12.6. The third kappa shape index (κ3) is 6.59. The van der Waals surface area contributed by atoms with Crippen LogP contribution >= 0.6 is 23.2 Å². The first-order valence-electron chi connectivity index (χ1n) is 11.9. The van der Waals surface area contributed by atoms with Crippen LogP contribution in [0.25, 0.3) is 5.69 Å². The molecule has 0 fully saturated rings. The highest BCUT2D eigenvalue weighted by Crippen LogP contribution is 2.27. The normalized spacial score (nSPS) is 11.3. The molecule has 6 nitrogen and oxygen atoms in total. The van der Waals surface area contributed by atoms with Gasteiger partial charge in [0, 0.05) is 23.6 Å². The summed E-state index contributed by atoms with van der Waals surface area (Å²) in [4.78, 5) is 28.3. The molecule has 0 aliphatic heterocycles. The number of benzene rings is 3. The van der Waals surface area contributed by atoms with Crippen molar-refractivity contribution in [1.82, 2.24) is 14.7 Å². The molecule has 0 radical (unpaired) electrons. The average Bonchev–Trinajstić information content (AvgIpc) is 3.30. The Morgan fingerprint density at radius 1 is 0.892 bits per heavy atom. The van der Waals surface area contributed by atoms with Gasteiger partial charge in [0.25, 0.3) is 5.91 Å². The van der Waals surface area contributed by atoms with Gasteiger partial charge in [-0.1, -0.05) is 92.5 Å². The van der Waals surface area contributed by atoms with Crippen LogP contribution in [0.2, 0.25) is 10.0 Å². The van der Waals surface area contributed by atoms with E-state index < -0.39 is 0 Å². The zero-order chi connectivity index (χ0) is 26.6. The standard InChI is InChI=1S/C29H28Cl2N4O2/c1-29(2,3)25-17-26(35(33-25)22-12-8-5-9-13-22)32-27(36)19-34(18-20-10-6-4-7-11-20)28(37)21-14-15-23(30)24(31)16-21/h4-17H,18-19H2,1-3H3,(H,32,36). The van der Waals surface area contributed by atoms with Gasteiger partial charge >= 0.3 is 0 Å². The van der Waals surface area contributed by atoms with Crippen LogP contribution in [-0.2, 0) is 16.8 Å². The molecule has 4 aromatic rings. The topological polar surface area (TPSA) is 67.2 Å². The molecule has 0 saturated carbocycles. The van der Waals surface area contributed by atoms with Crippen LogP contribution in [0.3, 0.4) is 0 Å². The third-order valence-corrected chi connectivity index (χ3v) is 6.49. The predicted octanol–water partition coefficient (Wildman–Crippen LogP) is 6.76. The number of halogens is 2. The first-order chi connectivity index (χ1) is 17.6. The minimum Gasteiger partial charge on any atom is -0.325 e. The molecule has 0 aliphatic carbocycles. The van der Waals surface area contributed by atoms with E-state index in [1.165, 1.54) is 11.0 Å². The van der Waals surface area contributed by atoms with Crippen LogP contribution in [0.15, 0.2) is 84.9 Å². The molecule has 8 heteroatoms. The summed E-state index contributed by atoms with van der Waals surface area (Å²) in [5.74, 6) is -0.144. The van der Waals surface area contributed by atoms with Gasteiger partial charge in [-0.25, -0.2) is 4.68 Å². The number of aromatic nitrogens is 2. The van der Waals surface area contributed by atoms with Gasteiger partial charge in [0.05, 0.1) is 21.4 Å². The van der Waals surface area contributed by atoms with Crippen LogP contribution in [0.4, 0.5) is 5.82 Å². The van der Waals surface area contributed by atoms with E-state index in [0.29, 0.717) is 16.4 Å². The Labute approximate surface area is 226 Å². The summed E-state index contributed by atoms with van der Waals surface area (Å²) in [6.45, 7) is 6.27. The first kappa shape index (κ1) is 26.5. The highest BCUT2D eigenvalue weighted by Gasteiger charge is 2.24. The van der Waals surface area contributed by atoms with E-state index in [1.54, 1.807) is 16.8 Å². The Kier molecular flexibility index (Phi) is 8.00. The molecule has 4 rings (SSSR count). The second kappa shape index (κ2) is 11.2. The molecular formula is C29H28Cl2N4O2. The molecule has 0 spiro atoms. The van der Waals surface area contributed by atoms with Crippen LogP contribution in [0, 0.1) is 0 Å². The maximum Gasteiger partial charge on any atom is 0.254 e. The van der Waals surface area contributed by atoms with Gasteiger partial charge in [0.2, 0.25) is 5.91 Å². The summed E-state index contributed by atoms with van der Waals surface area (Å²) in [6, 6.07) is 25.7. The molecule has 0 unspecified atom stereocenters. The van der Waals surface area contributed by atoms with Crippen LogP contribution < -0.4 is 5.32 Å². The number of nitrogens with zero attached hydrogens (tertiary/aromatic N) is 3. The van der Waals surface area contributed by atoms with E-state index in [1.807, 2.05) is 66.7 Å². The quantitative estimate of drug-likeness (QED) is 0.285. The zero-order valence-electron chi connectivity index (χ0n) is 20.9. The molecule has 1 aromatic heterocycles. The van der Waals surface area contributed by atoms with Gasteiger partial charge in [-0.2, -0.15) is 5.10 Å². The molecule has 0 atom stereocenters. The lowest BCUT2D eigenvalue weighted by molar-refractivity contribution is -0.117. The number of para-hydroxylation sites is 1. The zero-order valence-corrected chi connectivity index (χ0v) is 22.4. The molecular weight excluding hydrogens is 507 g/mol. The smallest absolute Gasteiger partial charge is 0.254 e. The molecule has 3 aromatic carbocycles. The summed E-state index contributed by atoms with van der Waals surface area (Å²) in [6.07, 6.45) is 0. The highest BCUT2D eigenvalue weighted by molar-refractivity contribution is 6.42. The number of amides is 2. The summed E-state index contributed by atoms with van der Waals surface area (Å²) < 4.78 is 1.71. The van der Waals surface area contributed by atoms with Crippen LogP contribution in [-0.4, -0.2) is 33.0 Å². The summed E-state index contributed by atoms with van der Waals surface area (Å²) in [5.41, 5.74) is 2.68. The van der Waals surface area contributed by atoms with Crippen molar-refractivity contribution in [3.05, 3.63) is 112 Å². The Hall–Kier alpha value is -3.61. The Morgan fingerprint density at radius 3 is 2.16 bits per heavy atom. The molecule has 0 saturated heterocycles. The molecule has 190 valence electrons. The van der Waals surface area contributed by atoms with E-state index in [4.69, 9.17) is 28.3 Å². The van der Waals surface area contributed by atoms with E-state index in [0.717, 1.165) is 16.9 Å². The Balaban J connectivity index is 1.62. The van der Waals surface area contributed by atoms with Crippen LogP contribution in [0.1, 0.15) is 42.4 Å². The summed E-state index contributed by atoms with van der Waals surface area (Å²) >= 11 is 12.2. The number of nitrogens with one attached hydrogen (secondary N) is 1. The second-order valence-electron chi connectivity index (χ2n) is 9.74. The molecule has 0 bridgehead atoms. The van der Waals surface area contributed by atoms with E-state index in [9.17, 15) is 9.59 Å². The lowest BCUT2D eigenvalue weighted by atomic mass is 9.92. The Bertz CT molecular complexity index is 1400.